The van der Waals surface area contributed by atoms with E-state index in [0.717, 1.165) is 34.2 Å². The molecule has 106 valence electrons. The monoisotopic (exact) mass is 352 g/mol. The van der Waals surface area contributed by atoms with Gasteiger partial charge >= 0.3 is 0 Å². The highest BCUT2D eigenvalue weighted by molar-refractivity contribution is 9.10. The minimum absolute atomic E-state index is 0.445. The molecule has 0 radical (unpaired) electrons. The van der Waals surface area contributed by atoms with E-state index < -0.39 is 0 Å². The fraction of sp³-hybridized carbons (Fsp3) is 0.429. The van der Waals surface area contributed by atoms with Crippen molar-refractivity contribution in [3.05, 3.63) is 34.6 Å². The zero-order chi connectivity index (χ0) is 13.9. The van der Waals surface area contributed by atoms with E-state index >= 15 is 0 Å². The van der Waals surface area contributed by atoms with Crippen molar-refractivity contribution in [3.63, 3.8) is 0 Å². The number of piperidine rings is 1. The third-order valence-corrected chi connectivity index (χ3v) is 4.75. The van der Waals surface area contributed by atoms with Crippen LogP contribution in [0.15, 0.2) is 33.9 Å². The maximum Gasteiger partial charge on any atom is 0.195 e. The van der Waals surface area contributed by atoms with E-state index in [9.17, 15) is 0 Å². The van der Waals surface area contributed by atoms with Crippen LogP contribution in [0.25, 0.3) is 5.69 Å². The van der Waals surface area contributed by atoms with E-state index in [0.29, 0.717) is 5.92 Å². The van der Waals surface area contributed by atoms with E-state index in [2.05, 4.69) is 60.3 Å². The highest BCUT2D eigenvalue weighted by Gasteiger charge is 2.23. The van der Waals surface area contributed by atoms with Gasteiger partial charge in [0.25, 0.3) is 0 Å². The van der Waals surface area contributed by atoms with Crippen molar-refractivity contribution in [1.29, 1.82) is 0 Å². The number of hydrogen-bond acceptors (Lipinski definition) is 4. The largest absolute Gasteiger partial charge is 0.316 e. The molecule has 1 N–H and O–H groups in total. The number of thioether (sulfide) groups is 1. The lowest BCUT2D eigenvalue weighted by Gasteiger charge is -2.22. The van der Waals surface area contributed by atoms with Crippen molar-refractivity contribution in [3.8, 4) is 5.69 Å². The van der Waals surface area contributed by atoms with Crippen molar-refractivity contribution >= 4 is 27.7 Å². The summed E-state index contributed by atoms with van der Waals surface area (Å²) in [6, 6.07) is 8.32. The van der Waals surface area contributed by atoms with E-state index in [1.165, 1.54) is 12.8 Å². The molecule has 1 aromatic heterocycles. The van der Waals surface area contributed by atoms with Crippen LogP contribution in [-0.2, 0) is 0 Å². The number of benzene rings is 1. The number of nitrogens with zero attached hydrogens (tertiary/aromatic N) is 3. The molecule has 0 amide bonds. The predicted molar refractivity (Wildman–Crippen MR) is 85.7 cm³/mol. The summed E-state index contributed by atoms with van der Waals surface area (Å²) in [5.74, 6) is 1.52. The zero-order valence-corrected chi connectivity index (χ0v) is 13.7. The minimum atomic E-state index is 0.445. The zero-order valence-electron chi connectivity index (χ0n) is 11.3. The first kappa shape index (κ1) is 14.1. The van der Waals surface area contributed by atoms with Gasteiger partial charge in [-0.1, -0.05) is 27.7 Å². The van der Waals surface area contributed by atoms with Crippen LogP contribution >= 0.6 is 27.7 Å². The molecule has 4 nitrogen and oxygen atoms in total. The molecule has 1 unspecified atom stereocenters. The van der Waals surface area contributed by atoms with Crippen molar-refractivity contribution in [2.24, 2.45) is 0 Å². The van der Waals surface area contributed by atoms with E-state index in [4.69, 9.17) is 0 Å². The molecule has 0 saturated carbocycles. The molecule has 1 saturated heterocycles. The van der Waals surface area contributed by atoms with Crippen LogP contribution in [0.3, 0.4) is 0 Å². The average Bonchev–Trinajstić information content (AvgIpc) is 2.93. The molecule has 1 aliphatic heterocycles. The molecule has 0 aliphatic carbocycles. The first-order valence-corrected chi connectivity index (χ1v) is 8.77. The highest BCUT2D eigenvalue weighted by atomic mass is 79.9. The summed E-state index contributed by atoms with van der Waals surface area (Å²) in [4.78, 5) is 0. The van der Waals surface area contributed by atoms with Gasteiger partial charge in [0.1, 0.15) is 5.82 Å². The highest BCUT2D eigenvalue weighted by Crippen LogP contribution is 2.28. The lowest BCUT2D eigenvalue weighted by atomic mass is 9.99. The normalized spacial score (nSPS) is 19.2. The first-order valence-electron chi connectivity index (χ1n) is 6.75. The molecule has 2 aromatic rings. The number of halogens is 1. The predicted octanol–water partition coefficient (Wildman–Crippen LogP) is 3.22. The SMILES string of the molecule is CSc1nnc(C2CCCNC2)n1-c1ccc(Br)cc1. The first-order chi connectivity index (χ1) is 9.79. The molecular formula is C14H17BrN4S. The third kappa shape index (κ3) is 2.77. The fourth-order valence-electron chi connectivity index (χ4n) is 2.58. The van der Waals surface area contributed by atoms with Crippen LogP contribution in [0.4, 0.5) is 0 Å². The Morgan fingerprint density at radius 2 is 2.10 bits per heavy atom. The Bertz CT molecular complexity index is 575. The van der Waals surface area contributed by atoms with Gasteiger partial charge in [-0.25, -0.2) is 0 Å². The van der Waals surface area contributed by atoms with Crippen LogP contribution in [-0.4, -0.2) is 34.1 Å². The summed E-state index contributed by atoms with van der Waals surface area (Å²) in [5, 5.41) is 13.2. The lowest BCUT2D eigenvalue weighted by Crippen LogP contribution is -2.30. The van der Waals surface area contributed by atoms with Crippen molar-refractivity contribution < 1.29 is 0 Å². The standard InChI is InChI=1S/C14H17BrN4S/c1-20-14-18-17-13(10-3-2-8-16-9-10)19(14)12-6-4-11(15)5-7-12/h4-7,10,16H,2-3,8-9H2,1H3. The van der Waals surface area contributed by atoms with Gasteiger partial charge in [-0.3, -0.25) is 4.57 Å². The molecule has 2 heterocycles. The Morgan fingerprint density at radius 3 is 2.75 bits per heavy atom. The summed E-state index contributed by atoms with van der Waals surface area (Å²) in [7, 11) is 0. The molecule has 20 heavy (non-hydrogen) atoms. The topological polar surface area (TPSA) is 42.7 Å². The van der Waals surface area contributed by atoms with Gasteiger partial charge in [-0.15, -0.1) is 10.2 Å². The molecule has 1 atom stereocenters. The van der Waals surface area contributed by atoms with E-state index in [-0.39, 0.29) is 0 Å². The van der Waals surface area contributed by atoms with Gasteiger partial charge in [-0.2, -0.15) is 0 Å². The Balaban J connectivity index is 2.02. The van der Waals surface area contributed by atoms with Crippen LogP contribution < -0.4 is 5.32 Å². The van der Waals surface area contributed by atoms with Crippen molar-refractivity contribution in [2.75, 3.05) is 19.3 Å². The third-order valence-electron chi connectivity index (χ3n) is 3.59. The molecule has 1 aromatic carbocycles. The average molecular weight is 353 g/mol. The Morgan fingerprint density at radius 1 is 1.30 bits per heavy atom. The molecule has 1 fully saturated rings. The smallest absolute Gasteiger partial charge is 0.195 e. The summed E-state index contributed by atoms with van der Waals surface area (Å²) in [6.07, 6.45) is 4.42. The fourth-order valence-corrected chi connectivity index (χ4v) is 3.35. The summed E-state index contributed by atoms with van der Waals surface area (Å²) < 4.78 is 3.27. The second kappa shape index (κ2) is 6.28. The quantitative estimate of drug-likeness (QED) is 0.861. The van der Waals surface area contributed by atoms with Gasteiger partial charge in [0.2, 0.25) is 0 Å². The molecular weight excluding hydrogens is 336 g/mol. The molecule has 0 bridgehead atoms. The van der Waals surface area contributed by atoms with Crippen molar-refractivity contribution in [2.45, 2.75) is 23.9 Å². The number of rotatable bonds is 3. The molecule has 6 heteroatoms. The second-order valence-corrected chi connectivity index (χ2v) is 6.59. The summed E-state index contributed by atoms with van der Waals surface area (Å²) in [5.41, 5.74) is 1.13. The Hall–Kier alpha value is -0.850. The molecule has 0 spiro atoms. The van der Waals surface area contributed by atoms with E-state index in [1.807, 2.05) is 6.26 Å². The minimum Gasteiger partial charge on any atom is -0.316 e. The van der Waals surface area contributed by atoms with Crippen LogP contribution in [0.5, 0.6) is 0 Å². The molecule has 3 rings (SSSR count). The second-order valence-electron chi connectivity index (χ2n) is 4.90. The van der Waals surface area contributed by atoms with Gasteiger partial charge in [-0.05, 0) is 49.9 Å². The van der Waals surface area contributed by atoms with Gasteiger partial charge in [0, 0.05) is 22.6 Å². The van der Waals surface area contributed by atoms with E-state index in [1.54, 1.807) is 11.8 Å². The van der Waals surface area contributed by atoms with Gasteiger partial charge in [0.05, 0.1) is 0 Å². The number of aromatic nitrogens is 3. The number of hydrogen-bond donors (Lipinski definition) is 1. The van der Waals surface area contributed by atoms with Gasteiger partial charge < -0.3 is 5.32 Å². The van der Waals surface area contributed by atoms with Crippen LogP contribution in [0.2, 0.25) is 0 Å². The van der Waals surface area contributed by atoms with Crippen molar-refractivity contribution in [1.82, 2.24) is 20.1 Å². The Labute approximate surface area is 131 Å². The molecule has 1 aliphatic rings. The maximum atomic E-state index is 4.45. The van der Waals surface area contributed by atoms with Gasteiger partial charge in [0.15, 0.2) is 5.16 Å². The van der Waals surface area contributed by atoms with Crippen LogP contribution in [0.1, 0.15) is 24.6 Å². The number of nitrogens with one attached hydrogen (secondary N) is 1. The Kier molecular flexibility index (Phi) is 4.43. The maximum absolute atomic E-state index is 4.45. The summed E-state index contributed by atoms with van der Waals surface area (Å²) >= 11 is 5.12. The lowest BCUT2D eigenvalue weighted by molar-refractivity contribution is 0.441. The van der Waals surface area contributed by atoms with Crippen LogP contribution in [0, 0.1) is 0 Å². The summed E-state index contributed by atoms with van der Waals surface area (Å²) in [6.45, 7) is 2.10.